The molecule has 0 spiro atoms. The zero-order chi connectivity index (χ0) is 12.8. The van der Waals surface area contributed by atoms with E-state index in [1.165, 1.54) is 17.3 Å². The number of carboxylic acids is 1. The first-order valence-electron chi connectivity index (χ1n) is 5.65. The van der Waals surface area contributed by atoms with E-state index >= 15 is 0 Å². The summed E-state index contributed by atoms with van der Waals surface area (Å²) in [6.45, 7) is 0.811. The van der Waals surface area contributed by atoms with Gasteiger partial charge in [-0.25, -0.2) is 4.98 Å². The molecule has 0 unspecified atom stereocenters. The molecular formula is C13H14N2O2S. The molecule has 0 aliphatic rings. The van der Waals surface area contributed by atoms with Gasteiger partial charge >= 0.3 is 5.97 Å². The van der Waals surface area contributed by atoms with Gasteiger partial charge in [-0.3, -0.25) is 4.79 Å². The average molecular weight is 262 g/mol. The topological polar surface area (TPSA) is 55.1 Å². The molecule has 0 radical (unpaired) electrons. The SMILES string of the molecule is O=C(O)CSc1nccn1CCc1ccccc1. The molecule has 4 nitrogen and oxygen atoms in total. The smallest absolute Gasteiger partial charge is 0.313 e. The molecule has 0 bridgehead atoms. The Labute approximate surface area is 110 Å². The lowest BCUT2D eigenvalue weighted by Crippen LogP contribution is -2.04. The number of hydrogen-bond donors (Lipinski definition) is 1. The number of aryl methyl sites for hydroxylation is 2. The van der Waals surface area contributed by atoms with Crippen molar-refractivity contribution in [1.29, 1.82) is 0 Å². The number of aromatic nitrogens is 2. The van der Waals surface area contributed by atoms with E-state index in [0.717, 1.165) is 18.1 Å². The van der Waals surface area contributed by atoms with Gasteiger partial charge in [0.15, 0.2) is 5.16 Å². The minimum atomic E-state index is -0.822. The highest BCUT2D eigenvalue weighted by Gasteiger charge is 2.06. The van der Waals surface area contributed by atoms with Crippen molar-refractivity contribution in [2.24, 2.45) is 0 Å². The molecule has 2 aromatic rings. The van der Waals surface area contributed by atoms with Gasteiger partial charge in [-0.1, -0.05) is 42.1 Å². The number of nitrogens with zero attached hydrogens (tertiary/aromatic N) is 2. The normalized spacial score (nSPS) is 10.4. The Morgan fingerprint density at radius 1 is 1.33 bits per heavy atom. The van der Waals surface area contributed by atoms with E-state index in [-0.39, 0.29) is 5.75 Å². The summed E-state index contributed by atoms with van der Waals surface area (Å²) >= 11 is 1.25. The molecule has 0 fully saturated rings. The molecule has 1 heterocycles. The Kier molecular flexibility index (Phi) is 4.41. The fraction of sp³-hybridized carbons (Fsp3) is 0.231. The summed E-state index contributed by atoms with van der Waals surface area (Å²) in [5, 5.41) is 9.41. The summed E-state index contributed by atoms with van der Waals surface area (Å²) in [4.78, 5) is 14.7. The predicted molar refractivity (Wildman–Crippen MR) is 70.7 cm³/mol. The van der Waals surface area contributed by atoms with Gasteiger partial charge in [-0.15, -0.1) is 0 Å². The molecule has 5 heteroatoms. The number of carbonyl (C=O) groups is 1. The van der Waals surface area contributed by atoms with Gasteiger partial charge in [0.25, 0.3) is 0 Å². The Balaban J connectivity index is 1.93. The van der Waals surface area contributed by atoms with Crippen molar-refractivity contribution in [2.45, 2.75) is 18.1 Å². The van der Waals surface area contributed by atoms with Crippen LogP contribution < -0.4 is 0 Å². The fourth-order valence-electron chi connectivity index (χ4n) is 1.63. The minimum absolute atomic E-state index is 0.0440. The second kappa shape index (κ2) is 6.26. The number of hydrogen-bond acceptors (Lipinski definition) is 3. The predicted octanol–water partition coefficient (Wildman–Crippen LogP) is 2.30. The maximum atomic E-state index is 10.5. The van der Waals surface area contributed by atoms with Gasteiger partial charge in [0.1, 0.15) is 0 Å². The second-order valence-electron chi connectivity index (χ2n) is 3.82. The number of imidazole rings is 1. The van der Waals surface area contributed by atoms with Crippen LogP contribution in [0.3, 0.4) is 0 Å². The Morgan fingerprint density at radius 3 is 2.83 bits per heavy atom. The molecule has 1 aromatic carbocycles. The van der Waals surface area contributed by atoms with Crippen LogP contribution in [0, 0.1) is 0 Å². The first-order chi connectivity index (χ1) is 8.75. The lowest BCUT2D eigenvalue weighted by Gasteiger charge is -2.06. The molecule has 0 saturated carbocycles. The van der Waals surface area contributed by atoms with E-state index in [1.807, 2.05) is 29.0 Å². The van der Waals surface area contributed by atoms with E-state index in [4.69, 9.17) is 5.11 Å². The highest BCUT2D eigenvalue weighted by molar-refractivity contribution is 7.99. The van der Waals surface area contributed by atoms with Crippen LogP contribution in [0.5, 0.6) is 0 Å². The molecule has 94 valence electrons. The van der Waals surface area contributed by atoms with E-state index < -0.39 is 5.97 Å². The standard InChI is InChI=1S/C13H14N2O2S/c16-12(17)10-18-13-14-7-9-15(13)8-6-11-4-2-1-3-5-11/h1-5,7,9H,6,8,10H2,(H,16,17). The molecule has 18 heavy (non-hydrogen) atoms. The van der Waals surface area contributed by atoms with Gasteiger partial charge < -0.3 is 9.67 Å². The van der Waals surface area contributed by atoms with Crippen molar-refractivity contribution in [2.75, 3.05) is 5.75 Å². The molecule has 0 aliphatic carbocycles. The highest BCUT2D eigenvalue weighted by Crippen LogP contribution is 2.16. The zero-order valence-electron chi connectivity index (χ0n) is 9.82. The third-order valence-electron chi connectivity index (χ3n) is 2.49. The zero-order valence-corrected chi connectivity index (χ0v) is 10.6. The van der Waals surface area contributed by atoms with Crippen molar-refractivity contribution < 1.29 is 9.90 Å². The molecule has 1 N–H and O–H groups in total. The van der Waals surface area contributed by atoms with E-state index in [0.29, 0.717) is 0 Å². The van der Waals surface area contributed by atoms with Crippen LogP contribution in [0.2, 0.25) is 0 Å². The maximum Gasteiger partial charge on any atom is 0.313 e. The Bertz CT molecular complexity index is 511. The number of carboxylic acid groups (broad SMARTS) is 1. The van der Waals surface area contributed by atoms with Crippen LogP contribution in [-0.4, -0.2) is 26.4 Å². The van der Waals surface area contributed by atoms with Crippen LogP contribution in [-0.2, 0) is 17.8 Å². The Hall–Kier alpha value is -1.75. The van der Waals surface area contributed by atoms with Gasteiger partial charge in [-0.05, 0) is 12.0 Å². The summed E-state index contributed by atoms with van der Waals surface area (Å²) < 4.78 is 1.99. The van der Waals surface area contributed by atoms with Crippen molar-refractivity contribution >= 4 is 17.7 Å². The molecule has 0 atom stereocenters. The maximum absolute atomic E-state index is 10.5. The van der Waals surface area contributed by atoms with Crippen molar-refractivity contribution in [3.8, 4) is 0 Å². The van der Waals surface area contributed by atoms with Gasteiger partial charge in [0.2, 0.25) is 0 Å². The van der Waals surface area contributed by atoms with Crippen LogP contribution in [0.4, 0.5) is 0 Å². The van der Waals surface area contributed by atoms with E-state index in [1.54, 1.807) is 6.20 Å². The summed E-state index contributed by atoms with van der Waals surface area (Å²) in [6, 6.07) is 10.2. The van der Waals surface area contributed by atoms with Gasteiger partial charge in [0, 0.05) is 18.9 Å². The summed E-state index contributed by atoms with van der Waals surface area (Å²) in [6.07, 6.45) is 4.50. The number of thioether (sulfide) groups is 1. The van der Waals surface area contributed by atoms with Gasteiger partial charge in [-0.2, -0.15) is 0 Å². The van der Waals surface area contributed by atoms with Crippen LogP contribution in [0.25, 0.3) is 0 Å². The Morgan fingerprint density at radius 2 is 2.11 bits per heavy atom. The van der Waals surface area contributed by atoms with E-state index in [9.17, 15) is 4.79 Å². The molecule has 0 saturated heterocycles. The summed E-state index contributed by atoms with van der Waals surface area (Å²) in [5.41, 5.74) is 1.26. The van der Waals surface area contributed by atoms with Crippen LogP contribution in [0.15, 0.2) is 47.9 Å². The lowest BCUT2D eigenvalue weighted by molar-refractivity contribution is -0.133. The lowest BCUT2D eigenvalue weighted by atomic mass is 10.1. The van der Waals surface area contributed by atoms with Crippen LogP contribution in [0.1, 0.15) is 5.56 Å². The van der Waals surface area contributed by atoms with Gasteiger partial charge in [0.05, 0.1) is 5.75 Å². The van der Waals surface area contributed by atoms with Crippen molar-refractivity contribution in [1.82, 2.24) is 9.55 Å². The third kappa shape index (κ3) is 3.63. The second-order valence-corrected chi connectivity index (χ2v) is 4.76. The van der Waals surface area contributed by atoms with Crippen LogP contribution >= 0.6 is 11.8 Å². The van der Waals surface area contributed by atoms with Crippen molar-refractivity contribution in [3.63, 3.8) is 0 Å². The summed E-state index contributed by atoms with van der Waals surface area (Å²) in [5.74, 6) is -0.778. The molecular weight excluding hydrogens is 248 g/mol. The van der Waals surface area contributed by atoms with Crippen molar-refractivity contribution in [3.05, 3.63) is 48.3 Å². The number of rotatable bonds is 6. The highest BCUT2D eigenvalue weighted by atomic mass is 32.2. The molecule has 1 aromatic heterocycles. The first kappa shape index (κ1) is 12.7. The fourth-order valence-corrected chi connectivity index (χ4v) is 2.33. The monoisotopic (exact) mass is 262 g/mol. The first-order valence-corrected chi connectivity index (χ1v) is 6.64. The molecule has 0 amide bonds. The minimum Gasteiger partial charge on any atom is -0.481 e. The quantitative estimate of drug-likeness (QED) is 0.812. The largest absolute Gasteiger partial charge is 0.481 e. The summed E-state index contributed by atoms with van der Waals surface area (Å²) in [7, 11) is 0. The molecule has 0 aliphatic heterocycles. The number of aliphatic carboxylic acids is 1. The average Bonchev–Trinajstić information content (AvgIpc) is 2.82. The third-order valence-corrected chi connectivity index (χ3v) is 3.48. The van der Waals surface area contributed by atoms with E-state index in [2.05, 4.69) is 17.1 Å². The molecule has 2 rings (SSSR count). The number of benzene rings is 1.